The molecule has 1 saturated heterocycles. The molecule has 2 nitrogen and oxygen atoms in total. The van der Waals surface area contributed by atoms with Crippen molar-refractivity contribution in [2.75, 3.05) is 13.1 Å². The van der Waals surface area contributed by atoms with Crippen LogP contribution >= 0.6 is 0 Å². The quantitative estimate of drug-likeness (QED) is 0.577. The molecule has 0 radical (unpaired) electrons. The third kappa shape index (κ3) is 1.70. The van der Waals surface area contributed by atoms with Gasteiger partial charge in [-0.3, -0.25) is 4.90 Å². The van der Waals surface area contributed by atoms with Crippen LogP contribution in [0.25, 0.3) is 0 Å². The highest BCUT2D eigenvalue weighted by molar-refractivity contribution is 4.77. The molecule has 2 heteroatoms. The molecule has 0 bridgehead atoms. The van der Waals surface area contributed by atoms with Crippen LogP contribution in [0, 0.1) is 12.8 Å². The largest absolute Gasteiger partial charge is 0.343 e. The highest BCUT2D eigenvalue weighted by atomic mass is 15.2. The molecule has 0 aromatic carbocycles. The second kappa shape index (κ2) is 3.35. The Kier molecular flexibility index (Phi) is 2.69. The maximum atomic E-state index is 5.72. The molecule has 0 aliphatic carbocycles. The lowest BCUT2D eigenvalue weighted by atomic mass is 10.1. The summed E-state index contributed by atoms with van der Waals surface area (Å²) in [6.07, 6.45) is 2.57. The van der Waals surface area contributed by atoms with Gasteiger partial charge in [0.25, 0.3) is 0 Å². The number of nitrogens with two attached hydrogens (primary N) is 1. The van der Waals surface area contributed by atoms with Crippen LogP contribution in [0.1, 0.15) is 19.8 Å². The molecule has 10 heavy (non-hydrogen) atoms. The molecular weight excluding hydrogens is 124 g/mol. The Morgan fingerprint density at radius 1 is 1.80 bits per heavy atom. The van der Waals surface area contributed by atoms with Crippen molar-refractivity contribution in [2.24, 2.45) is 11.7 Å². The Morgan fingerprint density at radius 3 is 2.80 bits per heavy atom. The fraction of sp³-hybridized carbons (Fsp3) is 0.875. The van der Waals surface area contributed by atoms with E-state index in [9.17, 15) is 0 Å². The Morgan fingerprint density at radius 2 is 2.50 bits per heavy atom. The molecule has 0 aromatic heterocycles. The lowest BCUT2D eigenvalue weighted by Gasteiger charge is -2.20. The molecule has 1 rings (SSSR count). The summed E-state index contributed by atoms with van der Waals surface area (Å²) in [4.78, 5) is 2.32. The lowest BCUT2D eigenvalue weighted by Crippen LogP contribution is -2.37. The van der Waals surface area contributed by atoms with Gasteiger partial charge in [0, 0.05) is 6.54 Å². The maximum Gasteiger partial charge on any atom is 0.0542 e. The zero-order valence-corrected chi connectivity index (χ0v) is 6.71. The van der Waals surface area contributed by atoms with Crippen molar-refractivity contribution in [3.05, 3.63) is 6.92 Å². The van der Waals surface area contributed by atoms with E-state index in [0.717, 1.165) is 25.4 Å². The van der Waals surface area contributed by atoms with E-state index < -0.39 is 0 Å². The third-order valence-corrected chi connectivity index (χ3v) is 2.30. The molecule has 0 spiro atoms. The molecule has 60 valence electrons. The van der Waals surface area contributed by atoms with Crippen LogP contribution in [-0.2, 0) is 0 Å². The summed E-state index contributed by atoms with van der Waals surface area (Å²) in [5.74, 6) is 0.797. The van der Waals surface area contributed by atoms with Crippen LogP contribution in [0.3, 0.4) is 0 Å². The van der Waals surface area contributed by atoms with Crippen LogP contribution in [-0.4, -0.2) is 24.2 Å². The lowest BCUT2D eigenvalue weighted by molar-refractivity contribution is 0.255. The number of rotatable bonds is 2. The first kappa shape index (κ1) is 8.02. The summed E-state index contributed by atoms with van der Waals surface area (Å²) >= 11 is 0. The number of hydrogen-bond donors (Lipinski definition) is 1. The van der Waals surface area contributed by atoms with Crippen molar-refractivity contribution in [1.29, 1.82) is 0 Å². The van der Waals surface area contributed by atoms with Gasteiger partial charge in [0.15, 0.2) is 0 Å². The van der Waals surface area contributed by atoms with Crippen molar-refractivity contribution >= 4 is 0 Å². The first-order valence-electron chi connectivity index (χ1n) is 4.03. The van der Waals surface area contributed by atoms with Crippen molar-refractivity contribution in [3.8, 4) is 0 Å². The van der Waals surface area contributed by atoms with Crippen molar-refractivity contribution < 1.29 is 0 Å². The van der Waals surface area contributed by atoms with Gasteiger partial charge >= 0.3 is 0 Å². The van der Waals surface area contributed by atoms with Crippen molar-refractivity contribution in [1.82, 2.24) is 4.90 Å². The van der Waals surface area contributed by atoms with Gasteiger partial charge in [-0.2, -0.15) is 6.42 Å². The van der Waals surface area contributed by atoms with E-state index >= 15 is 0 Å². The first-order valence-corrected chi connectivity index (χ1v) is 4.03. The van der Waals surface area contributed by atoms with Crippen LogP contribution in [0.15, 0.2) is 0 Å². The SMILES string of the molecule is [CH2-]CC1CCN(C(C)N)C1. The zero-order valence-electron chi connectivity index (χ0n) is 6.71. The number of hydrogen-bond acceptors (Lipinski definition) is 2. The Labute approximate surface area is 63.4 Å². The summed E-state index contributed by atoms with van der Waals surface area (Å²) in [7, 11) is 0. The second-order valence-corrected chi connectivity index (χ2v) is 3.18. The molecule has 1 aliphatic rings. The van der Waals surface area contributed by atoms with E-state index in [-0.39, 0.29) is 6.17 Å². The zero-order chi connectivity index (χ0) is 7.56. The van der Waals surface area contributed by atoms with E-state index in [1.165, 1.54) is 6.42 Å². The van der Waals surface area contributed by atoms with E-state index in [1.807, 2.05) is 6.92 Å². The van der Waals surface area contributed by atoms with Crippen molar-refractivity contribution in [3.63, 3.8) is 0 Å². The molecule has 1 fully saturated rings. The summed E-state index contributed by atoms with van der Waals surface area (Å²) in [6, 6.07) is 0. The standard InChI is InChI=1S/C8H17N2/c1-3-8-4-5-10(6-8)7(2)9/h7-8H,1,3-6,9H2,2H3/q-1. The topological polar surface area (TPSA) is 29.3 Å². The predicted molar refractivity (Wildman–Crippen MR) is 43.3 cm³/mol. The second-order valence-electron chi connectivity index (χ2n) is 3.18. The first-order chi connectivity index (χ1) is 4.74. The fourth-order valence-corrected chi connectivity index (χ4v) is 1.47. The highest BCUT2D eigenvalue weighted by Crippen LogP contribution is 2.19. The molecule has 0 amide bonds. The third-order valence-electron chi connectivity index (χ3n) is 2.30. The molecule has 2 atom stereocenters. The Bertz CT molecular complexity index is 101. The molecule has 0 saturated carbocycles. The predicted octanol–water partition coefficient (Wildman–Crippen LogP) is 0.837. The fourth-order valence-electron chi connectivity index (χ4n) is 1.47. The average Bonchev–Trinajstić information content (AvgIpc) is 2.34. The monoisotopic (exact) mass is 141 g/mol. The molecule has 0 aromatic rings. The minimum atomic E-state index is 0.233. The molecule has 1 heterocycles. The van der Waals surface area contributed by atoms with Gasteiger partial charge in [0.1, 0.15) is 0 Å². The van der Waals surface area contributed by atoms with Crippen LogP contribution < -0.4 is 5.73 Å². The van der Waals surface area contributed by atoms with Gasteiger partial charge in [-0.05, 0) is 19.9 Å². The van der Waals surface area contributed by atoms with Gasteiger partial charge in [-0.15, -0.1) is 0 Å². The summed E-state index contributed by atoms with van der Waals surface area (Å²) < 4.78 is 0. The van der Waals surface area contributed by atoms with Crippen LogP contribution in [0.5, 0.6) is 0 Å². The molecular formula is C8H17N2-. The molecule has 2 unspecified atom stereocenters. The van der Waals surface area contributed by atoms with E-state index in [1.54, 1.807) is 0 Å². The summed E-state index contributed by atoms with van der Waals surface area (Å²) in [6.45, 7) is 8.26. The van der Waals surface area contributed by atoms with Gasteiger partial charge in [0.2, 0.25) is 0 Å². The van der Waals surface area contributed by atoms with Gasteiger partial charge < -0.3 is 12.7 Å². The number of likely N-dealkylation sites (tertiary alicyclic amines) is 1. The van der Waals surface area contributed by atoms with E-state index in [0.29, 0.717) is 0 Å². The Hall–Kier alpha value is -0.0800. The minimum absolute atomic E-state index is 0.233. The van der Waals surface area contributed by atoms with Crippen LogP contribution in [0.4, 0.5) is 0 Å². The van der Waals surface area contributed by atoms with Gasteiger partial charge in [0.05, 0.1) is 6.17 Å². The normalized spacial score (nSPS) is 30.9. The summed E-state index contributed by atoms with van der Waals surface area (Å²) in [5, 5.41) is 0. The minimum Gasteiger partial charge on any atom is -0.343 e. The van der Waals surface area contributed by atoms with Crippen LogP contribution in [0.2, 0.25) is 0 Å². The maximum absolute atomic E-state index is 5.72. The Balaban J connectivity index is 2.28. The highest BCUT2D eigenvalue weighted by Gasteiger charge is 2.20. The smallest absolute Gasteiger partial charge is 0.0542 e. The van der Waals surface area contributed by atoms with Gasteiger partial charge in [-0.25, -0.2) is 0 Å². The van der Waals surface area contributed by atoms with Crippen molar-refractivity contribution in [2.45, 2.75) is 25.9 Å². The average molecular weight is 141 g/mol. The van der Waals surface area contributed by atoms with Gasteiger partial charge in [-0.1, -0.05) is 5.92 Å². The van der Waals surface area contributed by atoms with E-state index in [2.05, 4.69) is 11.8 Å². The molecule has 2 N–H and O–H groups in total. The summed E-state index contributed by atoms with van der Waals surface area (Å²) in [5.41, 5.74) is 5.72. The van der Waals surface area contributed by atoms with E-state index in [4.69, 9.17) is 5.73 Å². The molecule has 1 aliphatic heterocycles. The number of nitrogens with zero attached hydrogens (tertiary/aromatic N) is 1.